The van der Waals surface area contributed by atoms with Crippen LogP contribution in [-0.2, 0) is 0 Å². The lowest BCUT2D eigenvalue weighted by Gasteiger charge is -1.92. The molecule has 0 aromatic rings. The van der Waals surface area contributed by atoms with Crippen molar-refractivity contribution in [1.82, 2.24) is 5.32 Å². The zero-order chi connectivity index (χ0) is 5.28. The van der Waals surface area contributed by atoms with E-state index in [2.05, 4.69) is 5.32 Å². The van der Waals surface area contributed by atoms with Crippen molar-refractivity contribution >= 4 is 0 Å². The summed E-state index contributed by atoms with van der Waals surface area (Å²) in [6, 6.07) is 0.897. The topological polar surface area (TPSA) is 64.1 Å². The molecule has 0 bridgehead atoms. The Labute approximate surface area is 43.1 Å². The molecule has 1 aliphatic rings. The van der Waals surface area contributed by atoms with Crippen molar-refractivity contribution in [3.8, 4) is 0 Å². The summed E-state index contributed by atoms with van der Waals surface area (Å²) in [5.74, 6) is 0. The van der Waals surface area contributed by atoms with Crippen LogP contribution >= 0.6 is 0 Å². The molecular weight excluding hydrogens is 90.1 g/mol. The molecule has 2 unspecified atom stereocenters. The van der Waals surface area contributed by atoms with Gasteiger partial charge in [0.05, 0.1) is 0 Å². The molecule has 0 amide bonds. The Morgan fingerprint density at radius 2 is 2.29 bits per heavy atom. The number of rotatable bonds is 2. The maximum absolute atomic E-state index is 5.43. The van der Waals surface area contributed by atoms with Crippen molar-refractivity contribution in [1.29, 1.82) is 0 Å². The monoisotopic (exact) mass is 101 g/mol. The Kier molecular flexibility index (Phi) is 1.27. The van der Waals surface area contributed by atoms with E-state index in [1.807, 2.05) is 0 Å². The van der Waals surface area contributed by atoms with Crippen molar-refractivity contribution in [2.24, 2.45) is 11.5 Å². The Morgan fingerprint density at radius 3 is 2.43 bits per heavy atom. The van der Waals surface area contributed by atoms with Gasteiger partial charge in [-0.1, -0.05) is 0 Å². The maximum Gasteiger partial charge on any atom is 0.0431 e. The lowest BCUT2D eigenvalue weighted by Crippen LogP contribution is -2.28. The molecule has 0 spiro atoms. The second-order valence-electron chi connectivity index (χ2n) is 1.91. The molecule has 2 atom stereocenters. The van der Waals surface area contributed by atoms with Crippen LogP contribution in [-0.4, -0.2) is 18.8 Å². The fraction of sp³-hybridized carbons (Fsp3) is 1.00. The van der Waals surface area contributed by atoms with Crippen LogP contribution < -0.4 is 16.8 Å². The largest absolute Gasteiger partial charge is 0.326 e. The maximum atomic E-state index is 5.43. The fourth-order valence-electron chi connectivity index (χ4n) is 0.601. The minimum Gasteiger partial charge on any atom is -0.326 e. The molecule has 0 aliphatic heterocycles. The predicted molar refractivity (Wildman–Crippen MR) is 28.6 cm³/mol. The van der Waals surface area contributed by atoms with Crippen molar-refractivity contribution < 1.29 is 0 Å². The molecule has 3 nitrogen and oxygen atoms in total. The van der Waals surface area contributed by atoms with Crippen LogP contribution in [0.15, 0.2) is 0 Å². The lowest BCUT2D eigenvalue weighted by atomic mass is 10.6. The Hall–Kier alpha value is -0.120. The molecule has 0 aromatic heterocycles. The number of nitrogens with one attached hydrogen (secondary N) is 1. The Bertz CT molecular complexity index is 64.0. The summed E-state index contributed by atoms with van der Waals surface area (Å²) in [4.78, 5) is 0. The number of hydrogen-bond acceptors (Lipinski definition) is 3. The van der Waals surface area contributed by atoms with E-state index in [1.54, 1.807) is 0 Å². The summed E-state index contributed by atoms with van der Waals surface area (Å²) in [7, 11) is 0. The van der Waals surface area contributed by atoms with Crippen molar-refractivity contribution in [2.75, 3.05) is 6.67 Å². The summed E-state index contributed by atoms with van der Waals surface area (Å²) in [5, 5.41) is 3.02. The first-order chi connectivity index (χ1) is 3.34. The highest BCUT2D eigenvalue weighted by Crippen LogP contribution is 2.16. The first kappa shape index (κ1) is 5.03. The number of nitrogens with two attached hydrogens (primary N) is 2. The van der Waals surface area contributed by atoms with Crippen LogP contribution in [0, 0.1) is 0 Å². The molecular formula is C4H11N3. The molecule has 1 rings (SSSR count). The van der Waals surface area contributed by atoms with Crippen LogP contribution in [0.4, 0.5) is 0 Å². The highest BCUT2D eigenvalue weighted by Gasteiger charge is 2.31. The highest BCUT2D eigenvalue weighted by molar-refractivity contribution is 4.96. The number of hydrogen-bond donors (Lipinski definition) is 3. The molecule has 5 N–H and O–H groups in total. The molecule has 1 fully saturated rings. The van der Waals surface area contributed by atoms with Gasteiger partial charge in [-0.15, -0.1) is 0 Å². The SMILES string of the molecule is NCNC1CC1N. The molecule has 0 radical (unpaired) electrons. The Morgan fingerprint density at radius 1 is 1.71 bits per heavy atom. The van der Waals surface area contributed by atoms with Crippen LogP contribution in [0.25, 0.3) is 0 Å². The van der Waals surface area contributed by atoms with Gasteiger partial charge in [0.1, 0.15) is 0 Å². The fourth-order valence-corrected chi connectivity index (χ4v) is 0.601. The van der Waals surface area contributed by atoms with Gasteiger partial charge in [-0.3, -0.25) is 0 Å². The van der Waals surface area contributed by atoms with Gasteiger partial charge in [-0.05, 0) is 6.42 Å². The van der Waals surface area contributed by atoms with E-state index in [4.69, 9.17) is 11.5 Å². The van der Waals surface area contributed by atoms with Crippen molar-refractivity contribution in [3.63, 3.8) is 0 Å². The minimum atomic E-state index is 0.378. The second kappa shape index (κ2) is 1.78. The van der Waals surface area contributed by atoms with E-state index in [-0.39, 0.29) is 0 Å². The van der Waals surface area contributed by atoms with Gasteiger partial charge in [0.25, 0.3) is 0 Å². The summed E-state index contributed by atoms with van der Waals surface area (Å²) < 4.78 is 0. The van der Waals surface area contributed by atoms with Gasteiger partial charge in [-0.2, -0.15) is 0 Å². The zero-order valence-electron chi connectivity index (χ0n) is 4.22. The van der Waals surface area contributed by atoms with Gasteiger partial charge in [0.2, 0.25) is 0 Å². The van der Waals surface area contributed by atoms with E-state index in [9.17, 15) is 0 Å². The normalized spacial score (nSPS) is 38.6. The molecule has 0 saturated heterocycles. The Balaban J connectivity index is 1.98. The summed E-state index contributed by atoms with van der Waals surface area (Å²) >= 11 is 0. The van der Waals surface area contributed by atoms with E-state index in [1.165, 1.54) is 0 Å². The van der Waals surface area contributed by atoms with E-state index >= 15 is 0 Å². The predicted octanol–water partition coefficient (Wildman–Crippen LogP) is -1.41. The van der Waals surface area contributed by atoms with Crippen LogP contribution in [0.3, 0.4) is 0 Å². The molecule has 1 saturated carbocycles. The average Bonchev–Trinajstić information content (AvgIpc) is 2.22. The second-order valence-corrected chi connectivity index (χ2v) is 1.91. The summed E-state index contributed by atoms with van der Waals surface area (Å²) in [5.41, 5.74) is 10.6. The van der Waals surface area contributed by atoms with Crippen LogP contribution in [0.2, 0.25) is 0 Å². The van der Waals surface area contributed by atoms with Gasteiger partial charge >= 0.3 is 0 Å². The molecule has 42 valence electrons. The minimum absolute atomic E-state index is 0.378. The standard InChI is InChI=1S/C4H11N3/c5-2-7-4-1-3(4)6/h3-4,7H,1-2,5-6H2. The molecule has 0 heterocycles. The smallest absolute Gasteiger partial charge is 0.0431 e. The van der Waals surface area contributed by atoms with Gasteiger partial charge in [0.15, 0.2) is 0 Å². The molecule has 1 aliphatic carbocycles. The van der Waals surface area contributed by atoms with Gasteiger partial charge in [0, 0.05) is 18.8 Å². The summed E-state index contributed by atoms with van der Waals surface area (Å²) in [6.07, 6.45) is 1.09. The lowest BCUT2D eigenvalue weighted by molar-refractivity contribution is 0.685. The van der Waals surface area contributed by atoms with Crippen molar-refractivity contribution in [3.05, 3.63) is 0 Å². The van der Waals surface area contributed by atoms with Crippen molar-refractivity contribution in [2.45, 2.75) is 18.5 Å². The van der Waals surface area contributed by atoms with Crippen LogP contribution in [0.5, 0.6) is 0 Å². The first-order valence-electron chi connectivity index (χ1n) is 2.53. The molecule has 0 aromatic carbocycles. The third-order valence-corrected chi connectivity index (χ3v) is 1.22. The van der Waals surface area contributed by atoms with E-state index in [0.29, 0.717) is 18.8 Å². The zero-order valence-corrected chi connectivity index (χ0v) is 4.22. The average molecular weight is 101 g/mol. The van der Waals surface area contributed by atoms with E-state index in [0.717, 1.165) is 6.42 Å². The quantitative estimate of drug-likeness (QED) is 0.374. The van der Waals surface area contributed by atoms with Gasteiger partial charge in [-0.25, -0.2) is 0 Å². The van der Waals surface area contributed by atoms with E-state index < -0.39 is 0 Å². The third kappa shape index (κ3) is 1.12. The molecule has 7 heavy (non-hydrogen) atoms. The first-order valence-corrected chi connectivity index (χ1v) is 2.53. The third-order valence-electron chi connectivity index (χ3n) is 1.22. The highest BCUT2D eigenvalue weighted by atomic mass is 15.1. The van der Waals surface area contributed by atoms with Crippen LogP contribution in [0.1, 0.15) is 6.42 Å². The van der Waals surface area contributed by atoms with Gasteiger partial charge < -0.3 is 16.8 Å². The molecule has 3 heteroatoms. The summed E-state index contributed by atoms with van der Waals surface area (Å²) in [6.45, 7) is 0.554.